The first-order valence-electron chi connectivity index (χ1n) is 13.7. The monoisotopic (exact) mass is 708 g/mol. The molecule has 0 fully saturated rings. The van der Waals surface area contributed by atoms with Gasteiger partial charge in [0.15, 0.2) is 0 Å². The summed E-state index contributed by atoms with van der Waals surface area (Å²) in [7, 11) is 0. The van der Waals surface area contributed by atoms with E-state index in [1.807, 2.05) is 6.92 Å². The standard InChI is InChI=1S/C27H29F17O2/c1-2-3-4-5-6-7-8-9-10-13-16-46-19(45)17-14-11-12-15-18(17)20(28,29)21(30,31)22(32,33)23(34,35)24(36,37)25(38,39)26(40,41)27(42,43)44/h11-12,14-15H,2-10,13,16H2,1H3. The molecule has 0 unspecified atom stereocenters. The maximum absolute atomic E-state index is 14.8. The summed E-state index contributed by atoms with van der Waals surface area (Å²) < 4.78 is 237. The second-order valence-corrected chi connectivity index (χ2v) is 10.4. The van der Waals surface area contributed by atoms with Crippen molar-refractivity contribution in [3.05, 3.63) is 35.4 Å². The Morgan fingerprint density at radius 3 is 1.33 bits per heavy atom. The molecule has 268 valence electrons. The maximum Gasteiger partial charge on any atom is 0.460 e. The molecule has 0 saturated carbocycles. The summed E-state index contributed by atoms with van der Waals surface area (Å²) in [5.74, 6) is -59.4. The lowest BCUT2D eigenvalue weighted by Crippen LogP contribution is -2.74. The normalized spacial score (nSPS) is 14.5. The van der Waals surface area contributed by atoms with Crippen LogP contribution in [0.1, 0.15) is 87.1 Å². The van der Waals surface area contributed by atoms with E-state index < -0.39 is 71.3 Å². The largest absolute Gasteiger partial charge is 0.462 e. The number of carbonyl (C=O) groups is 1. The van der Waals surface area contributed by atoms with Gasteiger partial charge in [-0.3, -0.25) is 0 Å². The van der Waals surface area contributed by atoms with Gasteiger partial charge >= 0.3 is 53.6 Å². The molecule has 0 spiro atoms. The number of carbonyl (C=O) groups excluding carboxylic acids is 1. The third-order valence-corrected chi connectivity index (χ3v) is 6.94. The van der Waals surface area contributed by atoms with E-state index in [2.05, 4.69) is 4.74 Å². The van der Waals surface area contributed by atoms with Crippen LogP contribution in [-0.4, -0.2) is 54.3 Å². The summed E-state index contributed by atoms with van der Waals surface area (Å²) in [5.41, 5.74) is -4.27. The molecule has 1 aromatic carbocycles. The lowest BCUT2D eigenvalue weighted by atomic mass is 9.86. The number of benzene rings is 1. The van der Waals surface area contributed by atoms with E-state index in [1.165, 1.54) is 0 Å². The van der Waals surface area contributed by atoms with Crippen molar-refractivity contribution in [1.29, 1.82) is 0 Å². The van der Waals surface area contributed by atoms with E-state index >= 15 is 0 Å². The van der Waals surface area contributed by atoms with E-state index in [0.29, 0.717) is 25.0 Å². The van der Waals surface area contributed by atoms with Crippen molar-refractivity contribution >= 4 is 5.97 Å². The number of hydrogen-bond donors (Lipinski definition) is 0. The minimum Gasteiger partial charge on any atom is -0.462 e. The number of unbranched alkanes of at least 4 members (excludes halogenated alkanes) is 9. The second kappa shape index (κ2) is 14.7. The molecule has 0 N–H and O–H groups in total. The van der Waals surface area contributed by atoms with Crippen LogP contribution in [0.5, 0.6) is 0 Å². The fourth-order valence-corrected chi connectivity index (χ4v) is 4.10. The van der Waals surface area contributed by atoms with Gasteiger partial charge < -0.3 is 4.74 Å². The van der Waals surface area contributed by atoms with E-state index in [4.69, 9.17) is 0 Å². The van der Waals surface area contributed by atoms with Crippen LogP contribution < -0.4 is 0 Å². The van der Waals surface area contributed by atoms with Crippen molar-refractivity contribution in [3.8, 4) is 0 Å². The van der Waals surface area contributed by atoms with Crippen molar-refractivity contribution < 1.29 is 84.2 Å². The summed E-state index contributed by atoms with van der Waals surface area (Å²) in [6, 6.07) is 1.00. The molecule has 0 bridgehead atoms. The topological polar surface area (TPSA) is 26.3 Å². The van der Waals surface area contributed by atoms with Gasteiger partial charge in [-0.1, -0.05) is 82.9 Å². The molecule has 0 aliphatic heterocycles. The molecule has 2 nitrogen and oxygen atoms in total. The van der Waals surface area contributed by atoms with Crippen LogP contribution in [0.2, 0.25) is 0 Å². The fraction of sp³-hybridized carbons (Fsp3) is 0.741. The Bertz CT molecular complexity index is 1130. The van der Waals surface area contributed by atoms with Crippen molar-refractivity contribution in [2.45, 2.75) is 119 Å². The van der Waals surface area contributed by atoms with Crippen molar-refractivity contribution in [3.63, 3.8) is 0 Å². The molecule has 1 rings (SSSR count). The van der Waals surface area contributed by atoms with Gasteiger partial charge in [0.1, 0.15) is 0 Å². The Balaban J connectivity index is 3.22. The van der Waals surface area contributed by atoms with Crippen LogP contribution in [0.3, 0.4) is 0 Å². The average molecular weight is 708 g/mol. The quantitative estimate of drug-likeness (QED) is 0.0813. The number of halogens is 17. The first kappa shape index (κ1) is 41.5. The Morgan fingerprint density at radius 2 is 0.891 bits per heavy atom. The summed E-state index contributed by atoms with van der Waals surface area (Å²) in [6.45, 7) is 1.50. The van der Waals surface area contributed by atoms with Gasteiger partial charge in [0.25, 0.3) is 0 Å². The highest BCUT2D eigenvalue weighted by atomic mass is 19.4. The number of rotatable bonds is 19. The molecule has 0 atom stereocenters. The first-order chi connectivity index (χ1) is 20.7. The molecule has 0 saturated heterocycles. The van der Waals surface area contributed by atoms with Crippen molar-refractivity contribution in [2.75, 3.05) is 6.61 Å². The van der Waals surface area contributed by atoms with Crippen molar-refractivity contribution in [2.24, 2.45) is 0 Å². The SMILES string of the molecule is CCCCCCCCCCCCOC(=O)c1ccccc1C(F)(F)C(F)(F)C(F)(F)C(F)(F)C(F)(F)C(F)(F)C(F)(F)C(F)(F)F. The molecule has 19 heteroatoms. The highest BCUT2D eigenvalue weighted by Gasteiger charge is 2.95. The maximum atomic E-state index is 14.8. The van der Waals surface area contributed by atoms with Gasteiger partial charge in [-0.25, -0.2) is 4.79 Å². The second-order valence-electron chi connectivity index (χ2n) is 10.4. The van der Waals surface area contributed by atoms with E-state index in [-0.39, 0.29) is 18.6 Å². The van der Waals surface area contributed by atoms with Gasteiger partial charge in [-0.2, -0.15) is 74.6 Å². The van der Waals surface area contributed by atoms with Crippen LogP contribution in [0, 0.1) is 0 Å². The number of hydrogen-bond acceptors (Lipinski definition) is 2. The zero-order valence-corrected chi connectivity index (χ0v) is 23.8. The highest BCUT2D eigenvalue weighted by Crippen LogP contribution is 2.65. The van der Waals surface area contributed by atoms with Crippen LogP contribution >= 0.6 is 0 Å². The van der Waals surface area contributed by atoms with Crippen LogP contribution in [0.25, 0.3) is 0 Å². The molecule has 0 aliphatic rings. The Morgan fingerprint density at radius 1 is 0.522 bits per heavy atom. The highest BCUT2D eigenvalue weighted by molar-refractivity contribution is 5.91. The van der Waals surface area contributed by atoms with E-state index in [0.717, 1.165) is 44.9 Å². The predicted octanol–water partition coefficient (Wildman–Crippen LogP) is 11.2. The Kier molecular flexibility index (Phi) is 13.3. The van der Waals surface area contributed by atoms with Gasteiger partial charge in [-0.15, -0.1) is 0 Å². The Hall–Kier alpha value is -2.50. The lowest BCUT2D eigenvalue weighted by Gasteiger charge is -2.43. The molecular formula is C27H29F17O2. The third-order valence-electron chi connectivity index (χ3n) is 6.94. The van der Waals surface area contributed by atoms with Gasteiger partial charge in [-0.05, 0) is 12.5 Å². The van der Waals surface area contributed by atoms with Gasteiger partial charge in [0.2, 0.25) is 0 Å². The minimum absolute atomic E-state index is 0.0897. The summed E-state index contributed by atoms with van der Waals surface area (Å²) in [6.07, 6.45) is 0.203. The van der Waals surface area contributed by atoms with Crippen molar-refractivity contribution in [1.82, 2.24) is 0 Å². The van der Waals surface area contributed by atoms with Gasteiger partial charge in [0.05, 0.1) is 12.2 Å². The number of ether oxygens (including phenoxy) is 1. The van der Waals surface area contributed by atoms with E-state index in [9.17, 15) is 79.4 Å². The Labute approximate surface area is 251 Å². The van der Waals surface area contributed by atoms with Gasteiger partial charge in [0, 0.05) is 5.56 Å². The van der Waals surface area contributed by atoms with Crippen LogP contribution in [0.15, 0.2) is 24.3 Å². The number of alkyl halides is 17. The molecular weight excluding hydrogens is 679 g/mol. The molecule has 46 heavy (non-hydrogen) atoms. The molecule has 0 aliphatic carbocycles. The van der Waals surface area contributed by atoms with E-state index in [1.54, 1.807) is 0 Å². The zero-order chi connectivity index (χ0) is 36.0. The first-order valence-corrected chi connectivity index (χ1v) is 13.7. The zero-order valence-electron chi connectivity index (χ0n) is 23.8. The molecule has 0 amide bonds. The molecule has 1 aromatic rings. The minimum atomic E-state index is -8.73. The number of esters is 1. The van der Waals surface area contributed by atoms with Crippen LogP contribution in [0.4, 0.5) is 74.6 Å². The summed E-state index contributed by atoms with van der Waals surface area (Å²) >= 11 is 0. The summed E-state index contributed by atoms with van der Waals surface area (Å²) in [4.78, 5) is 12.3. The molecule has 0 heterocycles. The third kappa shape index (κ3) is 7.62. The fourth-order valence-electron chi connectivity index (χ4n) is 4.10. The molecule has 0 radical (unpaired) electrons. The molecule has 0 aromatic heterocycles. The summed E-state index contributed by atoms with van der Waals surface area (Å²) in [5, 5.41) is 0. The average Bonchev–Trinajstić information content (AvgIpc) is 2.94. The lowest BCUT2D eigenvalue weighted by molar-refractivity contribution is -0.462. The van der Waals surface area contributed by atoms with Crippen LogP contribution in [-0.2, 0) is 10.7 Å². The smallest absolute Gasteiger partial charge is 0.460 e. The predicted molar refractivity (Wildman–Crippen MR) is 128 cm³/mol.